The number of hydrogen-bond acceptors (Lipinski definition) is 4. The molecule has 0 bridgehead atoms. The van der Waals surface area contributed by atoms with E-state index >= 15 is 0 Å². The molecular weight excluding hydrogens is 384 g/mol. The zero-order valence-corrected chi connectivity index (χ0v) is 18.6. The van der Waals surface area contributed by atoms with E-state index in [-0.39, 0.29) is 11.8 Å². The number of aryl methyl sites for hydroxylation is 3. The lowest BCUT2D eigenvalue weighted by Gasteiger charge is -2.23. The molecule has 5 nitrogen and oxygen atoms in total. The van der Waals surface area contributed by atoms with Crippen molar-refractivity contribution in [1.29, 1.82) is 0 Å². The maximum absolute atomic E-state index is 12.9. The number of amides is 1. The minimum absolute atomic E-state index is 0.0965. The molecule has 1 fully saturated rings. The Balaban J connectivity index is 1.56. The van der Waals surface area contributed by atoms with E-state index in [1.165, 1.54) is 27.8 Å². The number of carbonyl (C=O) groups is 1. The molecule has 1 atom stereocenters. The first-order valence-corrected chi connectivity index (χ1v) is 10.9. The van der Waals surface area contributed by atoms with E-state index in [0.717, 1.165) is 37.4 Å². The SMILES string of the molecule is Cc1ccc(-c2ccccc2CC2CN(Cc3cnc(C)nc3)CCNC2=O)c(C)c1. The lowest BCUT2D eigenvalue weighted by atomic mass is 9.89. The normalized spacial score (nSPS) is 17.3. The van der Waals surface area contributed by atoms with Crippen LogP contribution in [0.2, 0.25) is 0 Å². The number of nitrogens with zero attached hydrogens (tertiary/aromatic N) is 3. The second-order valence-electron chi connectivity index (χ2n) is 8.54. The van der Waals surface area contributed by atoms with E-state index in [4.69, 9.17) is 0 Å². The maximum Gasteiger partial charge on any atom is 0.224 e. The van der Waals surface area contributed by atoms with Crippen molar-refractivity contribution < 1.29 is 4.79 Å². The number of rotatable bonds is 5. The van der Waals surface area contributed by atoms with Crippen molar-refractivity contribution >= 4 is 5.91 Å². The second-order valence-corrected chi connectivity index (χ2v) is 8.54. The van der Waals surface area contributed by atoms with Gasteiger partial charge in [0.25, 0.3) is 0 Å². The van der Waals surface area contributed by atoms with Gasteiger partial charge in [-0.2, -0.15) is 0 Å². The highest BCUT2D eigenvalue weighted by molar-refractivity contribution is 5.80. The van der Waals surface area contributed by atoms with Gasteiger partial charge in [0, 0.05) is 44.1 Å². The third kappa shape index (κ3) is 5.17. The van der Waals surface area contributed by atoms with Gasteiger partial charge in [-0.05, 0) is 49.4 Å². The molecule has 1 aromatic heterocycles. The quantitative estimate of drug-likeness (QED) is 0.689. The van der Waals surface area contributed by atoms with Gasteiger partial charge in [-0.25, -0.2) is 9.97 Å². The second kappa shape index (κ2) is 9.40. The summed E-state index contributed by atoms with van der Waals surface area (Å²) in [6.45, 7) is 9.14. The minimum Gasteiger partial charge on any atom is -0.355 e. The van der Waals surface area contributed by atoms with Gasteiger partial charge in [-0.3, -0.25) is 9.69 Å². The lowest BCUT2D eigenvalue weighted by Crippen LogP contribution is -2.33. The average Bonchev–Trinajstić information content (AvgIpc) is 2.91. The summed E-state index contributed by atoms with van der Waals surface area (Å²) in [5.74, 6) is 0.816. The molecule has 0 saturated carbocycles. The van der Waals surface area contributed by atoms with Crippen molar-refractivity contribution in [2.45, 2.75) is 33.7 Å². The Morgan fingerprint density at radius 1 is 1.03 bits per heavy atom. The zero-order chi connectivity index (χ0) is 21.8. The summed E-state index contributed by atoms with van der Waals surface area (Å²) in [5.41, 5.74) is 7.28. The van der Waals surface area contributed by atoms with Gasteiger partial charge >= 0.3 is 0 Å². The Morgan fingerprint density at radius 2 is 1.81 bits per heavy atom. The first-order valence-electron chi connectivity index (χ1n) is 10.9. The van der Waals surface area contributed by atoms with Crippen LogP contribution >= 0.6 is 0 Å². The molecule has 1 aliphatic rings. The monoisotopic (exact) mass is 414 g/mol. The van der Waals surface area contributed by atoms with Crippen LogP contribution in [0.1, 0.15) is 28.1 Å². The van der Waals surface area contributed by atoms with Gasteiger partial charge in [-0.1, -0.05) is 48.0 Å². The van der Waals surface area contributed by atoms with Crippen molar-refractivity contribution in [1.82, 2.24) is 20.2 Å². The van der Waals surface area contributed by atoms with Gasteiger partial charge in [0.1, 0.15) is 5.82 Å². The molecular formula is C26H30N4O. The van der Waals surface area contributed by atoms with E-state index in [1.807, 2.05) is 19.3 Å². The fourth-order valence-corrected chi connectivity index (χ4v) is 4.37. The first kappa shape index (κ1) is 21.2. The Hall–Kier alpha value is -3.05. The van der Waals surface area contributed by atoms with Crippen LogP contribution in [0.3, 0.4) is 0 Å². The largest absolute Gasteiger partial charge is 0.355 e. The molecule has 3 aromatic rings. The van der Waals surface area contributed by atoms with Gasteiger partial charge in [0.15, 0.2) is 0 Å². The number of benzene rings is 2. The summed E-state index contributed by atoms with van der Waals surface area (Å²) in [7, 11) is 0. The van der Waals surface area contributed by atoms with Crippen LogP contribution in [0.4, 0.5) is 0 Å². The molecule has 2 aromatic carbocycles. The molecule has 31 heavy (non-hydrogen) atoms. The molecule has 1 aliphatic heterocycles. The van der Waals surface area contributed by atoms with Crippen molar-refractivity contribution in [2.75, 3.05) is 19.6 Å². The van der Waals surface area contributed by atoms with Crippen LogP contribution in [-0.2, 0) is 17.8 Å². The Bertz CT molecular complexity index is 1060. The summed E-state index contributed by atoms with van der Waals surface area (Å²) in [6.07, 6.45) is 4.48. The first-order chi connectivity index (χ1) is 15.0. The van der Waals surface area contributed by atoms with Crippen molar-refractivity contribution in [3.8, 4) is 11.1 Å². The van der Waals surface area contributed by atoms with Crippen LogP contribution < -0.4 is 5.32 Å². The topological polar surface area (TPSA) is 58.1 Å². The third-order valence-electron chi connectivity index (χ3n) is 5.97. The maximum atomic E-state index is 12.9. The predicted octanol–water partition coefficient (Wildman–Crippen LogP) is 3.86. The van der Waals surface area contributed by atoms with Gasteiger partial charge in [0.2, 0.25) is 5.91 Å². The molecule has 0 aliphatic carbocycles. The molecule has 0 spiro atoms. The smallest absolute Gasteiger partial charge is 0.224 e. The number of nitrogens with one attached hydrogen (secondary N) is 1. The molecule has 1 unspecified atom stereocenters. The Morgan fingerprint density at radius 3 is 2.58 bits per heavy atom. The van der Waals surface area contributed by atoms with Gasteiger partial charge in [-0.15, -0.1) is 0 Å². The average molecular weight is 415 g/mol. The summed E-state index contributed by atoms with van der Waals surface area (Å²) < 4.78 is 0. The summed E-state index contributed by atoms with van der Waals surface area (Å²) in [6, 6.07) is 15.0. The lowest BCUT2D eigenvalue weighted by molar-refractivity contribution is -0.124. The molecule has 4 rings (SSSR count). The van der Waals surface area contributed by atoms with Crippen LogP contribution in [0, 0.1) is 26.7 Å². The van der Waals surface area contributed by atoms with E-state index in [9.17, 15) is 4.79 Å². The van der Waals surface area contributed by atoms with Gasteiger partial charge < -0.3 is 5.32 Å². The van der Waals surface area contributed by atoms with Crippen molar-refractivity contribution in [2.24, 2.45) is 5.92 Å². The van der Waals surface area contributed by atoms with Crippen molar-refractivity contribution in [3.63, 3.8) is 0 Å². The number of carbonyl (C=O) groups excluding carboxylic acids is 1. The number of aromatic nitrogens is 2. The number of hydrogen-bond donors (Lipinski definition) is 1. The van der Waals surface area contributed by atoms with E-state index < -0.39 is 0 Å². The highest BCUT2D eigenvalue weighted by Crippen LogP contribution is 2.29. The summed E-state index contributed by atoms with van der Waals surface area (Å²) in [4.78, 5) is 23.8. The van der Waals surface area contributed by atoms with Crippen molar-refractivity contribution in [3.05, 3.63) is 82.9 Å². The molecule has 1 N–H and O–H groups in total. The standard InChI is InChI=1S/C26H30N4O/c1-18-8-9-24(19(2)12-18)25-7-5-4-6-22(25)13-23-17-30(11-10-27-26(23)31)16-21-14-28-20(3)29-15-21/h4-9,12,14-15,23H,10-11,13,16-17H2,1-3H3,(H,27,31). The summed E-state index contributed by atoms with van der Waals surface area (Å²) in [5, 5.41) is 3.11. The van der Waals surface area contributed by atoms with E-state index in [1.54, 1.807) is 0 Å². The van der Waals surface area contributed by atoms with Crippen LogP contribution in [0.5, 0.6) is 0 Å². The van der Waals surface area contributed by atoms with E-state index in [0.29, 0.717) is 6.54 Å². The van der Waals surface area contributed by atoms with E-state index in [2.05, 4.69) is 76.5 Å². The van der Waals surface area contributed by atoms with Crippen LogP contribution in [0.25, 0.3) is 11.1 Å². The van der Waals surface area contributed by atoms with Crippen LogP contribution in [0.15, 0.2) is 54.9 Å². The van der Waals surface area contributed by atoms with Crippen LogP contribution in [-0.4, -0.2) is 40.4 Å². The molecule has 1 amide bonds. The molecule has 5 heteroatoms. The highest BCUT2D eigenvalue weighted by Gasteiger charge is 2.26. The zero-order valence-electron chi connectivity index (χ0n) is 18.6. The fourth-order valence-electron chi connectivity index (χ4n) is 4.37. The third-order valence-corrected chi connectivity index (χ3v) is 5.97. The molecule has 0 radical (unpaired) electrons. The molecule has 2 heterocycles. The predicted molar refractivity (Wildman–Crippen MR) is 124 cm³/mol. The fraction of sp³-hybridized carbons (Fsp3) is 0.346. The molecule has 160 valence electrons. The minimum atomic E-state index is -0.0965. The highest BCUT2D eigenvalue weighted by atomic mass is 16.1. The molecule has 1 saturated heterocycles. The van der Waals surface area contributed by atoms with Gasteiger partial charge in [0.05, 0.1) is 5.92 Å². The Labute approximate surface area is 184 Å². The summed E-state index contributed by atoms with van der Waals surface area (Å²) >= 11 is 0. The Kier molecular flexibility index (Phi) is 6.42.